The molecule has 1 unspecified atom stereocenters. The van der Waals surface area contributed by atoms with Crippen molar-refractivity contribution < 1.29 is 4.79 Å². The van der Waals surface area contributed by atoms with Gasteiger partial charge in [-0.05, 0) is 32.9 Å². The molecule has 0 radical (unpaired) electrons. The standard InChI is InChI=1S/C13H20N4O/c1-9(14)11-5-4-10(8-16-11)17-7-6-15-12(18)13(17,2)3/h4-5,8-9H,6-7,14H2,1-3H3,(H,15,18). The van der Waals surface area contributed by atoms with E-state index < -0.39 is 5.54 Å². The highest BCUT2D eigenvalue weighted by molar-refractivity contribution is 5.90. The van der Waals surface area contributed by atoms with Crippen molar-refractivity contribution in [2.75, 3.05) is 18.0 Å². The summed E-state index contributed by atoms with van der Waals surface area (Å²) in [4.78, 5) is 18.3. The van der Waals surface area contributed by atoms with Crippen molar-refractivity contribution in [3.05, 3.63) is 24.0 Å². The average Bonchev–Trinajstić information content (AvgIpc) is 2.33. The summed E-state index contributed by atoms with van der Waals surface area (Å²) < 4.78 is 0. The second kappa shape index (κ2) is 4.57. The maximum atomic E-state index is 11.9. The molecule has 1 atom stereocenters. The topological polar surface area (TPSA) is 71.2 Å². The largest absolute Gasteiger partial charge is 0.354 e. The monoisotopic (exact) mass is 248 g/mol. The van der Waals surface area contributed by atoms with Crippen LogP contribution in [-0.4, -0.2) is 29.5 Å². The lowest BCUT2D eigenvalue weighted by molar-refractivity contribution is -0.126. The van der Waals surface area contributed by atoms with Gasteiger partial charge in [-0.25, -0.2) is 0 Å². The van der Waals surface area contributed by atoms with Gasteiger partial charge in [-0.1, -0.05) is 0 Å². The van der Waals surface area contributed by atoms with Crippen LogP contribution in [0.1, 0.15) is 32.5 Å². The Morgan fingerprint density at radius 1 is 1.50 bits per heavy atom. The molecule has 2 heterocycles. The number of carbonyl (C=O) groups excluding carboxylic acids is 1. The predicted octanol–water partition coefficient (Wildman–Crippen LogP) is 0.816. The summed E-state index contributed by atoms with van der Waals surface area (Å²) in [7, 11) is 0. The van der Waals surface area contributed by atoms with Gasteiger partial charge >= 0.3 is 0 Å². The van der Waals surface area contributed by atoms with Gasteiger partial charge in [-0.15, -0.1) is 0 Å². The number of pyridine rings is 1. The summed E-state index contributed by atoms with van der Waals surface area (Å²) >= 11 is 0. The van der Waals surface area contributed by atoms with Crippen LogP contribution < -0.4 is 16.0 Å². The lowest BCUT2D eigenvalue weighted by Gasteiger charge is -2.42. The zero-order valence-electron chi connectivity index (χ0n) is 11.1. The Bertz CT molecular complexity index is 439. The van der Waals surface area contributed by atoms with Crippen molar-refractivity contribution in [2.45, 2.75) is 32.4 Å². The maximum Gasteiger partial charge on any atom is 0.245 e. The third kappa shape index (κ3) is 2.18. The number of hydrogen-bond donors (Lipinski definition) is 2. The molecular weight excluding hydrogens is 228 g/mol. The first-order valence-electron chi connectivity index (χ1n) is 6.20. The molecule has 1 aromatic rings. The van der Waals surface area contributed by atoms with E-state index in [-0.39, 0.29) is 11.9 Å². The molecule has 1 saturated heterocycles. The van der Waals surface area contributed by atoms with E-state index in [2.05, 4.69) is 15.2 Å². The fourth-order valence-electron chi connectivity index (χ4n) is 2.18. The van der Waals surface area contributed by atoms with Crippen molar-refractivity contribution in [2.24, 2.45) is 5.73 Å². The predicted molar refractivity (Wildman–Crippen MR) is 71.3 cm³/mol. The molecule has 0 spiro atoms. The lowest BCUT2D eigenvalue weighted by Crippen LogP contribution is -2.62. The van der Waals surface area contributed by atoms with Crippen molar-refractivity contribution >= 4 is 11.6 Å². The first-order valence-corrected chi connectivity index (χ1v) is 6.20. The molecule has 1 aliphatic rings. The van der Waals surface area contributed by atoms with E-state index >= 15 is 0 Å². The highest BCUT2D eigenvalue weighted by atomic mass is 16.2. The lowest BCUT2D eigenvalue weighted by atomic mass is 9.98. The molecule has 2 rings (SSSR count). The number of nitrogens with zero attached hydrogens (tertiary/aromatic N) is 2. The van der Waals surface area contributed by atoms with Crippen molar-refractivity contribution in [1.29, 1.82) is 0 Å². The van der Waals surface area contributed by atoms with E-state index in [9.17, 15) is 4.79 Å². The summed E-state index contributed by atoms with van der Waals surface area (Å²) in [5.74, 6) is 0.0463. The summed E-state index contributed by atoms with van der Waals surface area (Å²) in [5.41, 5.74) is 7.05. The molecular formula is C13H20N4O. The van der Waals surface area contributed by atoms with E-state index in [1.54, 1.807) is 6.20 Å². The molecule has 0 saturated carbocycles. The molecule has 1 amide bonds. The van der Waals surface area contributed by atoms with Gasteiger partial charge in [0.15, 0.2) is 0 Å². The minimum Gasteiger partial charge on any atom is -0.354 e. The first kappa shape index (κ1) is 12.8. The average molecular weight is 248 g/mol. The van der Waals surface area contributed by atoms with Crippen LogP contribution in [0.3, 0.4) is 0 Å². The molecule has 1 aliphatic heterocycles. The highest BCUT2D eigenvalue weighted by Gasteiger charge is 2.37. The fourth-order valence-corrected chi connectivity index (χ4v) is 2.18. The van der Waals surface area contributed by atoms with Gasteiger partial charge in [0.25, 0.3) is 0 Å². The van der Waals surface area contributed by atoms with Crippen molar-refractivity contribution in [1.82, 2.24) is 10.3 Å². The summed E-state index contributed by atoms with van der Waals surface area (Å²) in [6, 6.07) is 3.82. The van der Waals surface area contributed by atoms with Gasteiger partial charge in [-0.3, -0.25) is 9.78 Å². The van der Waals surface area contributed by atoms with Crippen LogP contribution in [0.2, 0.25) is 0 Å². The van der Waals surface area contributed by atoms with Gasteiger partial charge in [-0.2, -0.15) is 0 Å². The molecule has 5 heteroatoms. The number of aromatic nitrogens is 1. The number of nitrogens with one attached hydrogen (secondary N) is 1. The quantitative estimate of drug-likeness (QED) is 0.812. The molecule has 0 aromatic carbocycles. The zero-order valence-corrected chi connectivity index (χ0v) is 11.1. The van der Waals surface area contributed by atoms with Crippen LogP contribution in [0.25, 0.3) is 0 Å². The number of hydrogen-bond acceptors (Lipinski definition) is 4. The van der Waals surface area contributed by atoms with E-state index in [0.717, 1.165) is 17.9 Å². The zero-order chi connectivity index (χ0) is 13.3. The summed E-state index contributed by atoms with van der Waals surface area (Å²) in [6.45, 7) is 7.19. The molecule has 98 valence electrons. The number of carbonyl (C=O) groups is 1. The van der Waals surface area contributed by atoms with Crippen LogP contribution >= 0.6 is 0 Å². The normalized spacial score (nSPS) is 20.4. The third-order valence-corrected chi connectivity index (χ3v) is 3.40. The van der Waals surface area contributed by atoms with Gasteiger partial charge in [0, 0.05) is 19.1 Å². The van der Waals surface area contributed by atoms with Crippen LogP contribution in [0, 0.1) is 0 Å². The minimum atomic E-state index is -0.546. The Kier molecular flexibility index (Phi) is 3.26. The Morgan fingerprint density at radius 2 is 2.22 bits per heavy atom. The van der Waals surface area contributed by atoms with E-state index in [1.807, 2.05) is 32.9 Å². The maximum absolute atomic E-state index is 11.9. The Labute approximate surface area is 107 Å². The van der Waals surface area contributed by atoms with Gasteiger partial charge in [0.05, 0.1) is 17.6 Å². The van der Waals surface area contributed by atoms with Gasteiger partial charge in [0.1, 0.15) is 5.54 Å². The molecule has 3 N–H and O–H groups in total. The minimum absolute atomic E-state index is 0.0463. The molecule has 5 nitrogen and oxygen atoms in total. The first-order chi connectivity index (χ1) is 8.43. The van der Waals surface area contributed by atoms with Crippen LogP contribution in [0.15, 0.2) is 18.3 Å². The number of piperazine rings is 1. The van der Waals surface area contributed by atoms with E-state index in [4.69, 9.17) is 5.73 Å². The van der Waals surface area contributed by atoms with Crippen molar-refractivity contribution in [3.8, 4) is 0 Å². The Balaban J connectivity index is 2.27. The molecule has 0 bridgehead atoms. The molecule has 1 aromatic heterocycles. The second-order valence-corrected chi connectivity index (χ2v) is 5.20. The third-order valence-electron chi connectivity index (χ3n) is 3.40. The second-order valence-electron chi connectivity index (χ2n) is 5.20. The fraction of sp³-hybridized carbons (Fsp3) is 0.538. The Morgan fingerprint density at radius 3 is 2.78 bits per heavy atom. The van der Waals surface area contributed by atoms with Gasteiger partial charge in [0.2, 0.25) is 5.91 Å². The number of nitrogens with two attached hydrogens (primary N) is 1. The summed E-state index contributed by atoms with van der Waals surface area (Å²) in [6.07, 6.45) is 1.79. The summed E-state index contributed by atoms with van der Waals surface area (Å²) in [5, 5.41) is 2.88. The van der Waals surface area contributed by atoms with E-state index in [0.29, 0.717) is 6.54 Å². The highest BCUT2D eigenvalue weighted by Crippen LogP contribution is 2.25. The van der Waals surface area contributed by atoms with Crippen LogP contribution in [-0.2, 0) is 4.79 Å². The molecule has 0 aliphatic carbocycles. The number of anilines is 1. The molecule has 1 fully saturated rings. The van der Waals surface area contributed by atoms with Crippen LogP contribution in [0.5, 0.6) is 0 Å². The van der Waals surface area contributed by atoms with Gasteiger partial charge < -0.3 is 16.0 Å². The molecule has 18 heavy (non-hydrogen) atoms. The van der Waals surface area contributed by atoms with Crippen LogP contribution in [0.4, 0.5) is 5.69 Å². The smallest absolute Gasteiger partial charge is 0.245 e. The van der Waals surface area contributed by atoms with E-state index in [1.165, 1.54) is 0 Å². The number of rotatable bonds is 2. The van der Waals surface area contributed by atoms with Crippen molar-refractivity contribution in [3.63, 3.8) is 0 Å². The SMILES string of the molecule is CC(N)c1ccc(N2CCNC(=O)C2(C)C)cn1. The number of amides is 1. The Hall–Kier alpha value is -1.62.